The van der Waals surface area contributed by atoms with Crippen molar-refractivity contribution in [3.05, 3.63) is 173 Å². The molecule has 0 N–H and O–H groups in total. The first kappa shape index (κ1) is 56.9. The maximum absolute atomic E-state index is 13.1. The molecule has 0 saturated heterocycles. The van der Waals surface area contributed by atoms with Crippen LogP contribution in [0.4, 0.5) is 30.2 Å². The van der Waals surface area contributed by atoms with Crippen LogP contribution in [0.5, 0.6) is 11.5 Å². The SMILES string of the molecule is CC(C)(C)c1ccc(N(c2ccc(C(C)(C)C)cc2)c2ccnc(-c3cc(C(F)(F)F)n[n-]3)c2)cc1.Cc1ccc(-c2ccc(-c3ccnc(-c4cc(OC=O)cc(-c5cc(OC=O)ccn5)n4)c3)s2)s1.[N-]=C=S.[Ru+2]. The smallest absolute Gasteiger partial charge is 0.753 e. The Bertz CT molecular complexity index is 3360. The number of pyridine rings is 4. The van der Waals surface area contributed by atoms with Gasteiger partial charge in [-0.1, -0.05) is 83.7 Å². The van der Waals surface area contributed by atoms with Crippen LogP contribution >= 0.6 is 34.9 Å². The van der Waals surface area contributed by atoms with Gasteiger partial charge in [0.25, 0.3) is 12.9 Å². The van der Waals surface area contributed by atoms with E-state index < -0.39 is 11.9 Å². The maximum Gasteiger partial charge on any atom is 2.00 e. The Balaban J connectivity index is 0.000000229. The largest absolute Gasteiger partial charge is 2.00 e. The Morgan fingerprint density at radius 1 is 0.600 bits per heavy atom. The number of carbonyl (C=O) groups is 2. The number of thiocarbonyl (C=S) groups is 1. The number of aryl methyl sites for hydroxylation is 1. The second-order valence-electron chi connectivity index (χ2n) is 18.4. The van der Waals surface area contributed by atoms with Gasteiger partial charge >= 0.3 is 25.7 Å². The van der Waals surface area contributed by atoms with Crippen molar-refractivity contribution in [1.29, 1.82) is 0 Å². The predicted octanol–water partition coefficient (Wildman–Crippen LogP) is 14.9. The van der Waals surface area contributed by atoms with Gasteiger partial charge in [0.1, 0.15) is 17.2 Å². The summed E-state index contributed by atoms with van der Waals surface area (Å²) in [6.07, 6.45) is 0.251. The van der Waals surface area contributed by atoms with Crippen molar-refractivity contribution in [3.8, 4) is 65.9 Å². The average Bonchev–Trinajstić information content (AvgIpc) is 4.18. The van der Waals surface area contributed by atoms with E-state index in [1.165, 1.54) is 37.1 Å². The quantitative estimate of drug-likeness (QED) is 0.0494. The number of isothiocyanates is 1. The van der Waals surface area contributed by atoms with Crippen molar-refractivity contribution >= 4 is 70.1 Å². The van der Waals surface area contributed by atoms with E-state index in [2.05, 4.69) is 169 Å². The van der Waals surface area contributed by atoms with Crippen molar-refractivity contribution in [1.82, 2.24) is 30.1 Å². The summed E-state index contributed by atoms with van der Waals surface area (Å²) in [6.45, 7) is 15.8. The summed E-state index contributed by atoms with van der Waals surface area (Å²) in [4.78, 5) is 46.4. The Morgan fingerprint density at radius 2 is 1.09 bits per heavy atom. The Kier molecular flexibility index (Phi) is 18.8. The summed E-state index contributed by atoms with van der Waals surface area (Å²) in [6, 6.07) is 39.9. The fraction of sp³-hybridized carbons (Fsp3) is 0.179. The third-order valence-electron chi connectivity index (χ3n) is 11.1. The van der Waals surface area contributed by atoms with Gasteiger partial charge in [-0.15, -0.1) is 22.7 Å². The maximum atomic E-state index is 13.1. The minimum Gasteiger partial charge on any atom is -0.753 e. The molecule has 0 aliphatic heterocycles. The van der Waals surface area contributed by atoms with E-state index in [-0.39, 0.29) is 36.0 Å². The van der Waals surface area contributed by atoms with E-state index in [1.54, 1.807) is 65.4 Å². The zero-order valence-electron chi connectivity index (χ0n) is 41.4. The van der Waals surface area contributed by atoms with E-state index in [9.17, 15) is 22.8 Å². The number of carbonyl (C=O) groups excluding carboxylic acids is 2. The fourth-order valence-electron chi connectivity index (χ4n) is 7.41. The summed E-state index contributed by atoms with van der Waals surface area (Å²) in [5.74, 6) is 0.617. The third-order valence-corrected chi connectivity index (χ3v) is 13.5. The van der Waals surface area contributed by atoms with Crippen LogP contribution in [0.25, 0.3) is 59.8 Å². The van der Waals surface area contributed by atoms with Gasteiger partial charge in [-0.3, -0.25) is 24.5 Å². The summed E-state index contributed by atoms with van der Waals surface area (Å²) in [5.41, 5.74) is 7.41. The molecule has 19 heteroatoms. The number of hydrogen-bond donors (Lipinski definition) is 0. The number of nitrogens with zero attached hydrogens (tertiary/aromatic N) is 8. The molecule has 0 atom stereocenters. The van der Waals surface area contributed by atoms with Gasteiger partial charge in [-0.25, -0.2) is 4.98 Å². The zero-order valence-corrected chi connectivity index (χ0v) is 45.6. The molecular weight excluding hydrogens is 1100 g/mol. The van der Waals surface area contributed by atoms with Crippen LogP contribution in [-0.2, 0) is 46.1 Å². The molecule has 9 rings (SSSR count). The number of rotatable bonds is 12. The van der Waals surface area contributed by atoms with Gasteiger partial charge in [0.15, 0.2) is 0 Å². The first-order valence-corrected chi connectivity index (χ1v) is 24.7. The van der Waals surface area contributed by atoms with Crippen LogP contribution in [0.15, 0.2) is 146 Å². The number of aromatic nitrogens is 6. The molecule has 9 aromatic rings. The average molecular weight is 1150 g/mol. The summed E-state index contributed by atoms with van der Waals surface area (Å²) in [5, 5.41) is 15.5. The van der Waals surface area contributed by atoms with Crippen molar-refractivity contribution < 1.29 is 51.7 Å². The molecule has 0 aliphatic rings. The molecule has 0 aliphatic carbocycles. The molecule has 0 unspecified atom stereocenters. The molecular formula is C56H47F3N8O4RuS3. The number of halogens is 3. The van der Waals surface area contributed by atoms with E-state index in [1.807, 2.05) is 18.2 Å². The standard InChI is InChI=1S/C29H30F3N4.C26H17N3O4S2.CNS.Ru/c1-27(2,3)19-7-11-21(12-8-19)36(22-13-9-20(10-14-22)28(4,5)6)23-15-16-33-24(17-23)25-18-26(35-34-25)29(30,31)32;1-16-2-3-25(34-16)26-5-4-24(35-26)17-6-8-27-20(10-17)22-12-19(33-15-31)13-23(29-22)21-11-18(32-14-30)7-9-28-21;2-1-3;/h7-18H,1-6H3;2-15H,1H3;;/q-1;;-1;+2. The van der Waals surface area contributed by atoms with Crippen molar-refractivity contribution in [2.45, 2.75) is 65.5 Å². The van der Waals surface area contributed by atoms with Gasteiger partial charge in [0.05, 0.1) is 28.5 Å². The van der Waals surface area contributed by atoms with E-state index in [4.69, 9.17) is 14.9 Å². The summed E-state index contributed by atoms with van der Waals surface area (Å²) < 4.78 is 49.2. The van der Waals surface area contributed by atoms with Gasteiger partial charge in [0, 0.05) is 73.4 Å². The molecule has 7 aromatic heterocycles. The second-order valence-corrected chi connectivity index (χ2v) is 21.0. The minimum atomic E-state index is -4.56. The summed E-state index contributed by atoms with van der Waals surface area (Å²) >= 11 is 7.18. The van der Waals surface area contributed by atoms with Crippen molar-refractivity contribution in [3.63, 3.8) is 0 Å². The fourth-order valence-corrected chi connectivity index (χ4v) is 9.37. The van der Waals surface area contributed by atoms with E-state index in [0.717, 1.165) is 33.6 Å². The monoisotopic (exact) mass is 1150 g/mol. The third kappa shape index (κ3) is 14.7. The number of thiophene rings is 2. The summed E-state index contributed by atoms with van der Waals surface area (Å²) in [7, 11) is 0. The number of ether oxygens (including phenoxy) is 2. The molecule has 2 aromatic carbocycles. The molecule has 382 valence electrons. The van der Waals surface area contributed by atoms with Crippen LogP contribution in [0.1, 0.15) is 63.2 Å². The predicted molar refractivity (Wildman–Crippen MR) is 289 cm³/mol. The Labute approximate surface area is 458 Å². The van der Waals surface area contributed by atoms with Gasteiger partial charge < -0.3 is 30.0 Å². The number of hydrogen-bond acceptors (Lipinski definition) is 13. The van der Waals surface area contributed by atoms with Crippen LogP contribution in [0, 0.1) is 6.92 Å². The van der Waals surface area contributed by atoms with Gasteiger partial charge in [-0.05, 0) is 119 Å². The van der Waals surface area contributed by atoms with E-state index >= 15 is 0 Å². The normalized spacial score (nSPS) is 11.1. The molecule has 0 radical (unpaired) electrons. The van der Waals surface area contributed by atoms with Crippen LogP contribution in [-0.4, -0.2) is 43.1 Å². The van der Waals surface area contributed by atoms with Crippen LogP contribution < -0.4 is 19.5 Å². The second kappa shape index (κ2) is 24.8. The molecule has 7 heterocycles. The molecule has 0 fully saturated rings. The molecule has 0 amide bonds. The first-order valence-electron chi connectivity index (χ1n) is 22.7. The zero-order chi connectivity index (χ0) is 53.2. The molecule has 12 nitrogen and oxygen atoms in total. The van der Waals surface area contributed by atoms with E-state index in [0.29, 0.717) is 52.9 Å². The van der Waals surface area contributed by atoms with Crippen molar-refractivity contribution in [2.75, 3.05) is 4.90 Å². The van der Waals surface area contributed by atoms with Gasteiger partial charge in [0.2, 0.25) is 0 Å². The number of anilines is 3. The van der Waals surface area contributed by atoms with Crippen molar-refractivity contribution in [2.24, 2.45) is 0 Å². The van der Waals surface area contributed by atoms with Gasteiger partial charge in [-0.2, -0.15) is 18.3 Å². The minimum absolute atomic E-state index is 0. The number of alkyl halides is 3. The number of benzene rings is 2. The van der Waals surface area contributed by atoms with Crippen LogP contribution in [0.2, 0.25) is 0 Å². The first-order chi connectivity index (χ1) is 35.3. The molecule has 0 saturated carbocycles. The molecule has 0 bridgehead atoms. The topological polar surface area (TPSA) is 157 Å². The molecule has 0 spiro atoms. The van der Waals surface area contributed by atoms with Crippen LogP contribution in [0.3, 0.4) is 0 Å². The Morgan fingerprint density at radius 3 is 1.63 bits per heavy atom. The molecule has 75 heavy (non-hydrogen) atoms. The Hall–Kier alpha value is -7.40.